The lowest BCUT2D eigenvalue weighted by Gasteiger charge is -2.41. The molecule has 0 saturated carbocycles. The first-order valence-electron chi connectivity index (χ1n) is 17.1. The van der Waals surface area contributed by atoms with Crippen molar-refractivity contribution in [1.29, 1.82) is 0 Å². The predicted molar refractivity (Wildman–Crippen MR) is 194 cm³/mol. The van der Waals surface area contributed by atoms with Crippen LogP contribution in [-0.4, -0.2) is 154 Å². The number of halogens is 2. The molecular formula is C35H47Cl2N3O15. The van der Waals surface area contributed by atoms with E-state index in [0.717, 1.165) is 0 Å². The van der Waals surface area contributed by atoms with Gasteiger partial charge in [0.2, 0.25) is 5.91 Å². The van der Waals surface area contributed by atoms with Gasteiger partial charge in [0.05, 0.1) is 56.3 Å². The van der Waals surface area contributed by atoms with Crippen molar-refractivity contribution in [2.45, 2.75) is 44.2 Å². The van der Waals surface area contributed by atoms with Gasteiger partial charge in [0.25, 0.3) is 11.8 Å². The number of carboxylic acid groups (broad SMARTS) is 1. The van der Waals surface area contributed by atoms with E-state index < -0.39 is 55.7 Å². The van der Waals surface area contributed by atoms with Gasteiger partial charge in [-0.3, -0.25) is 14.4 Å². The molecule has 1 aliphatic heterocycles. The highest BCUT2D eigenvalue weighted by Gasteiger charge is 2.45. The summed E-state index contributed by atoms with van der Waals surface area (Å²) in [5.41, 5.74) is 1.38. The number of hydrogen-bond acceptors (Lipinski definition) is 14. The molecule has 20 heteroatoms. The van der Waals surface area contributed by atoms with E-state index >= 15 is 0 Å². The quantitative estimate of drug-likeness (QED) is 0.0692. The summed E-state index contributed by atoms with van der Waals surface area (Å²) < 4.78 is 37.3. The average Bonchev–Trinajstić information content (AvgIpc) is 3.16. The van der Waals surface area contributed by atoms with Crippen molar-refractivity contribution in [2.24, 2.45) is 0 Å². The number of methoxy groups -OCH3 is 1. The number of ether oxygens (including phenoxy) is 7. The molecule has 55 heavy (non-hydrogen) atoms. The molecule has 3 rings (SSSR count). The van der Waals surface area contributed by atoms with Gasteiger partial charge >= 0.3 is 5.97 Å². The fraction of sp³-hybridized carbons (Fsp3) is 0.543. The first-order chi connectivity index (χ1) is 26.4. The second kappa shape index (κ2) is 24.1. The Morgan fingerprint density at radius 1 is 0.855 bits per heavy atom. The SMILES string of the molecule is CO[C@H]1O[C@H](CO)[C@@H](O)[C@H](O)[C@H]1NC(=O)c1cc(Cl)c(OCc2cccc(C(=O)NCCOCCOCC(=O)NCCOCCOCC(=O)O)c2)c(Cl)c1C. The minimum Gasteiger partial charge on any atom is -0.486 e. The minimum absolute atomic E-state index is 0.0168. The molecule has 1 saturated heterocycles. The van der Waals surface area contributed by atoms with Gasteiger partial charge in [-0.1, -0.05) is 35.3 Å². The third-order valence-corrected chi connectivity index (χ3v) is 8.69. The van der Waals surface area contributed by atoms with Crippen LogP contribution in [-0.2, 0) is 44.6 Å². The molecule has 1 heterocycles. The summed E-state index contributed by atoms with van der Waals surface area (Å²) >= 11 is 13.1. The molecule has 0 radical (unpaired) electrons. The molecule has 0 spiro atoms. The van der Waals surface area contributed by atoms with Crippen LogP contribution in [0.2, 0.25) is 10.0 Å². The largest absolute Gasteiger partial charge is 0.486 e. The van der Waals surface area contributed by atoms with Crippen LogP contribution in [0.5, 0.6) is 5.75 Å². The Labute approximate surface area is 327 Å². The van der Waals surface area contributed by atoms with Gasteiger partial charge in [-0.15, -0.1) is 0 Å². The molecular weight excluding hydrogens is 773 g/mol. The highest BCUT2D eigenvalue weighted by Crippen LogP contribution is 2.38. The predicted octanol–water partition coefficient (Wildman–Crippen LogP) is 0.0616. The molecule has 7 N–H and O–H groups in total. The fourth-order valence-corrected chi connectivity index (χ4v) is 5.67. The Morgan fingerprint density at radius 2 is 1.51 bits per heavy atom. The van der Waals surface area contributed by atoms with Gasteiger partial charge in [-0.05, 0) is 36.2 Å². The lowest BCUT2D eigenvalue weighted by atomic mass is 9.96. The van der Waals surface area contributed by atoms with Gasteiger partial charge in [0.15, 0.2) is 12.0 Å². The number of aliphatic carboxylic acids is 1. The Morgan fingerprint density at radius 3 is 2.16 bits per heavy atom. The number of carboxylic acids is 1. The summed E-state index contributed by atoms with van der Waals surface area (Å²) in [6.07, 6.45) is -5.26. The van der Waals surface area contributed by atoms with Crippen molar-refractivity contribution in [3.63, 3.8) is 0 Å². The van der Waals surface area contributed by atoms with Crippen LogP contribution in [0.4, 0.5) is 0 Å². The topological polar surface area (TPSA) is 250 Å². The molecule has 306 valence electrons. The summed E-state index contributed by atoms with van der Waals surface area (Å²) in [6.45, 7) is 2.06. The van der Waals surface area contributed by atoms with Crippen LogP contribution in [0.3, 0.4) is 0 Å². The number of carbonyl (C=O) groups excluding carboxylic acids is 3. The first kappa shape index (κ1) is 45.7. The van der Waals surface area contributed by atoms with Crippen molar-refractivity contribution in [2.75, 3.05) is 79.7 Å². The van der Waals surface area contributed by atoms with E-state index in [9.17, 15) is 34.5 Å². The molecule has 5 atom stereocenters. The lowest BCUT2D eigenvalue weighted by Crippen LogP contribution is -2.64. The van der Waals surface area contributed by atoms with E-state index in [0.29, 0.717) is 16.7 Å². The second-order valence-corrected chi connectivity index (χ2v) is 12.7. The molecule has 2 aromatic carbocycles. The molecule has 0 unspecified atom stereocenters. The van der Waals surface area contributed by atoms with E-state index in [1.54, 1.807) is 31.2 Å². The summed E-state index contributed by atoms with van der Waals surface area (Å²) in [5, 5.41) is 46.8. The molecule has 18 nitrogen and oxygen atoms in total. The highest BCUT2D eigenvalue weighted by atomic mass is 35.5. The van der Waals surface area contributed by atoms with Crippen molar-refractivity contribution in [3.8, 4) is 5.75 Å². The Hall–Kier alpha value is -3.66. The first-order valence-corrected chi connectivity index (χ1v) is 17.9. The van der Waals surface area contributed by atoms with Crippen LogP contribution >= 0.6 is 23.2 Å². The van der Waals surface area contributed by atoms with Crippen LogP contribution < -0.4 is 20.7 Å². The maximum Gasteiger partial charge on any atom is 0.329 e. The van der Waals surface area contributed by atoms with Crippen molar-refractivity contribution in [3.05, 3.63) is 62.6 Å². The number of aliphatic hydroxyl groups excluding tert-OH is 3. The smallest absolute Gasteiger partial charge is 0.329 e. The summed E-state index contributed by atoms with van der Waals surface area (Å²) in [7, 11) is 1.29. The van der Waals surface area contributed by atoms with E-state index in [-0.39, 0.29) is 99.1 Å². The Kier molecular flexibility index (Phi) is 20.0. The zero-order valence-corrected chi connectivity index (χ0v) is 31.8. The van der Waals surface area contributed by atoms with Crippen LogP contribution in [0.15, 0.2) is 30.3 Å². The monoisotopic (exact) mass is 819 g/mol. The maximum absolute atomic E-state index is 13.2. The Balaban J connectivity index is 1.37. The van der Waals surface area contributed by atoms with Crippen LogP contribution in [0, 0.1) is 6.92 Å². The van der Waals surface area contributed by atoms with Crippen LogP contribution in [0.25, 0.3) is 0 Å². The number of aliphatic hydroxyl groups is 3. The van der Waals surface area contributed by atoms with Crippen molar-refractivity contribution < 1.29 is 72.8 Å². The highest BCUT2D eigenvalue weighted by molar-refractivity contribution is 6.38. The van der Waals surface area contributed by atoms with Gasteiger partial charge in [0.1, 0.15) is 44.2 Å². The number of amides is 3. The molecule has 0 aliphatic carbocycles. The van der Waals surface area contributed by atoms with Gasteiger partial charge in [-0.25, -0.2) is 4.79 Å². The lowest BCUT2D eigenvalue weighted by molar-refractivity contribution is -0.261. The third-order valence-electron chi connectivity index (χ3n) is 7.95. The molecule has 3 amide bonds. The van der Waals surface area contributed by atoms with Gasteiger partial charge in [0, 0.05) is 31.3 Å². The van der Waals surface area contributed by atoms with E-state index in [2.05, 4.69) is 16.0 Å². The number of rotatable bonds is 24. The van der Waals surface area contributed by atoms with E-state index in [4.69, 9.17) is 61.5 Å². The number of benzene rings is 2. The number of hydrogen-bond donors (Lipinski definition) is 7. The van der Waals surface area contributed by atoms with Crippen molar-refractivity contribution in [1.82, 2.24) is 16.0 Å². The summed E-state index contributed by atoms with van der Waals surface area (Å²) in [6, 6.07) is 6.85. The zero-order chi connectivity index (χ0) is 40.3. The minimum atomic E-state index is -1.51. The van der Waals surface area contributed by atoms with E-state index in [1.807, 2.05) is 0 Å². The maximum atomic E-state index is 13.2. The molecule has 0 bridgehead atoms. The molecule has 1 aliphatic rings. The molecule has 0 aromatic heterocycles. The van der Waals surface area contributed by atoms with Gasteiger partial charge in [-0.2, -0.15) is 0 Å². The van der Waals surface area contributed by atoms with Crippen LogP contribution in [0.1, 0.15) is 31.8 Å². The zero-order valence-electron chi connectivity index (χ0n) is 30.3. The fourth-order valence-electron chi connectivity index (χ4n) is 5.10. The van der Waals surface area contributed by atoms with Crippen molar-refractivity contribution >= 4 is 46.9 Å². The Bertz CT molecular complexity index is 1570. The average molecular weight is 821 g/mol. The van der Waals surface area contributed by atoms with Gasteiger partial charge < -0.3 is 69.5 Å². The number of nitrogens with one attached hydrogen (secondary N) is 3. The third kappa shape index (κ3) is 14.7. The van der Waals surface area contributed by atoms with E-state index in [1.165, 1.54) is 13.2 Å². The summed E-state index contributed by atoms with van der Waals surface area (Å²) in [5.74, 6) is -2.32. The second-order valence-electron chi connectivity index (χ2n) is 11.9. The normalized spacial score (nSPS) is 19.4. The summed E-state index contributed by atoms with van der Waals surface area (Å²) in [4.78, 5) is 48.1. The number of carbonyl (C=O) groups is 4. The molecule has 2 aromatic rings. The standard InChI is InChI=1S/C35H47Cl2N3O15/c1-20-23(34(48)40-29-31(46)30(45)25(16-41)55-35(29)49-2)15-24(36)32(28(20)37)54-17-21-4-3-5-22(14-21)33(47)39-7-9-51-10-12-52-18-26(42)38-6-8-50-11-13-53-19-27(43)44/h3-5,14-15,25,29-31,35,41,45-46H,6-13,16-19H2,1-2H3,(H,38,42)(H,39,47)(H,40,48)(H,43,44)/t25-,29-,30-,31-,35+/m1/s1. The molecule has 1 fully saturated rings.